The summed E-state index contributed by atoms with van der Waals surface area (Å²) in [6, 6.07) is 4.10. The molecule has 2 fully saturated rings. The largest absolute Gasteiger partial charge is 0.452 e. The van der Waals surface area contributed by atoms with Crippen molar-refractivity contribution in [2.45, 2.75) is 36.6 Å². The lowest BCUT2D eigenvalue weighted by atomic mass is 10.2. The van der Waals surface area contributed by atoms with Crippen LogP contribution in [0.5, 0.6) is 0 Å². The fourth-order valence-corrected chi connectivity index (χ4v) is 4.34. The third kappa shape index (κ3) is 4.31. The molecule has 136 valence electrons. The third-order valence-electron chi connectivity index (χ3n) is 4.14. The Morgan fingerprint density at radius 3 is 2.56 bits per heavy atom. The third-order valence-corrected chi connectivity index (χ3v) is 6.36. The van der Waals surface area contributed by atoms with Gasteiger partial charge in [-0.15, -0.1) is 0 Å². The quantitative estimate of drug-likeness (QED) is 0.749. The van der Waals surface area contributed by atoms with Gasteiger partial charge in [-0.05, 0) is 43.9 Å². The Labute approximate surface area is 151 Å². The van der Waals surface area contributed by atoms with E-state index in [1.54, 1.807) is 0 Å². The molecule has 1 saturated carbocycles. The molecule has 1 heterocycles. The molecule has 0 atom stereocenters. The summed E-state index contributed by atoms with van der Waals surface area (Å²) in [7, 11) is -3.66. The first kappa shape index (κ1) is 18.2. The van der Waals surface area contributed by atoms with E-state index in [9.17, 15) is 18.0 Å². The van der Waals surface area contributed by atoms with Gasteiger partial charge in [-0.25, -0.2) is 13.2 Å². The number of halogens is 1. The number of benzene rings is 1. The van der Waals surface area contributed by atoms with Crippen molar-refractivity contribution in [3.63, 3.8) is 0 Å². The Morgan fingerprint density at radius 1 is 1.24 bits per heavy atom. The smallest absolute Gasteiger partial charge is 0.340 e. The van der Waals surface area contributed by atoms with Crippen LogP contribution < -0.4 is 5.32 Å². The Balaban J connectivity index is 1.72. The zero-order chi connectivity index (χ0) is 18.0. The minimum absolute atomic E-state index is 0.00631. The van der Waals surface area contributed by atoms with E-state index in [4.69, 9.17) is 16.3 Å². The molecule has 3 rings (SSSR count). The lowest BCUT2D eigenvalue weighted by Crippen LogP contribution is -2.30. The van der Waals surface area contributed by atoms with Gasteiger partial charge >= 0.3 is 5.97 Å². The molecule has 2 aliphatic rings. The maximum Gasteiger partial charge on any atom is 0.340 e. The monoisotopic (exact) mass is 386 g/mol. The number of nitrogens with one attached hydrogen (secondary N) is 1. The highest BCUT2D eigenvalue weighted by atomic mass is 35.5. The number of carbonyl (C=O) groups is 2. The maximum atomic E-state index is 12.6. The van der Waals surface area contributed by atoms with Crippen LogP contribution in [0.3, 0.4) is 0 Å². The van der Waals surface area contributed by atoms with Crippen LogP contribution in [0.1, 0.15) is 36.0 Å². The van der Waals surface area contributed by atoms with E-state index in [-0.39, 0.29) is 27.4 Å². The molecule has 7 nitrogen and oxygen atoms in total. The molecule has 0 bridgehead atoms. The van der Waals surface area contributed by atoms with E-state index in [1.165, 1.54) is 22.5 Å². The summed E-state index contributed by atoms with van der Waals surface area (Å²) in [5.41, 5.74) is -0.0684. The van der Waals surface area contributed by atoms with Crippen molar-refractivity contribution >= 4 is 33.5 Å². The first-order valence-corrected chi connectivity index (χ1v) is 9.96. The summed E-state index contributed by atoms with van der Waals surface area (Å²) in [5, 5.41) is 2.77. The highest BCUT2D eigenvalue weighted by Crippen LogP contribution is 2.26. The van der Waals surface area contributed by atoms with E-state index in [0.717, 1.165) is 25.7 Å². The number of rotatable bonds is 6. The van der Waals surface area contributed by atoms with E-state index in [1.807, 2.05) is 0 Å². The van der Waals surface area contributed by atoms with Crippen molar-refractivity contribution in [1.29, 1.82) is 0 Å². The number of nitrogens with zero attached hydrogens (tertiary/aromatic N) is 1. The van der Waals surface area contributed by atoms with Crippen molar-refractivity contribution in [3.05, 3.63) is 28.8 Å². The highest BCUT2D eigenvalue weighted by Gasteiger charge is 2.29. The molecule has 1 aromatic carbocycles. The lowest BCUT2D eigenvalue weighted by Gasteiger charge is -2.16. The molecule has 25 heavy (non-hydrogen) atoms. The van der Waals surface area contributed by atoms with Crippen molar-refractivity contribution in [3.8, 4) is 0 Å². The fourth-order valence-electron chi connectivity index (χ4n) is 2.60. The number of esters is 1. The molecule has 1 saturated heterocycles. The van der Waals surface area contributed by atoms with Gasteiger partial charge in [-0.1, -0.05) is 11.6 Å². The van der Waals surface area contributed by atoms with Crippen LogP contribution in [-0.4, -0.2) is 50.3 Å². The van der Waals surface area contributed by atoms with Gasteiger partial charge in [0.1, 0.15) is 0 Å². The molecular formula is C16H19ClN2O5S. The van der Waals surface area contributed by atoms with Gasteiger partial charge in [-0.2, -0.15) is 4.31 Å². The molecule has 1 aliphatic carbocycles. The first-order chi connectivity index (χ1) is 11.9. The average Bonchev–Trinajstić information content (AvgIpc) is 3.20. The number of sulfonamides is 1. The number of ether oxygens (including phenoxy) is 1. The fraction of sp³-hybridized carbons (Fsp3) is 0.500. The molecular weight excluding hydrogens is 368 g/mol. The van der Waals surface area contributed by atoms with Gasteiger partial charge in [0.15, 0.2) is 6.61 Å². The molecule has 0 unspecified atom stereocenters. The summed E-state index contributed by atoms with van der Waals surface area (Å²) < 4.78 is 31.5. The molecule has 9 heteroatoms. The first-order valence-electron chi connectivity index (χ1n) is 8.14. The maximum absolute atomic E-state index is 12.6. The summed E-state index contributed by atoms with van der Waals surface area (Å²) in [6.07, 6.45) is 3.50. The second kappa shape index (κ2) is 7.31. The number of hydrogen-bond acceptors (Lipinski definition) is 5. The molecule has 0 spiro atoms. The zero-order valence-corrected chi connectivity index (χ0v) is 15.1. The highest BCUT2D eigenvalue weighted by molar-refractivity contribution is 7.89. The molecule has 0 radical (unpaired) electrons. The predicted octanol–water partition coefficient (Wildman–Crippen LogP) is 1.56. The van der Waals surface area contributed by atoms with Gasteiger partial charge in [0.25, 0.3) is 5.91 Å². The van der Waals surface area contributed by atoms with Gasteiger partial charge < -0.3 is 10.1 Å². The summed E-state index contributed by atoms with van der Waals surface area (Å²) >= 11 is 6.00. The van der Waals surface area contributed by atoms with E-state index < -0.39 is 22.6 Å². The van der Waals surface area contributed by atoms with Crippen LogP contribution in [0.25, 0.3) is 0 Å². The molecule has 1 aromatic rings. The minimum Gasteiger partial charge on any atom is -0.452 e. The Bertz CT molecular complexity index is 786. The van der Waals surface area contributed by atoms with Gasteiger partial charge in [0, 0.05) is 19.1 Å². The number of amides is 1. The Kier molecular flexibility index (Phi) is 5.31. The van der Waals surface area contributed by atoms with E-state index in [2.05, 4.69) is 5.32 Å². The Hall–Kier alpha value is -1.64. The summed E-state index contributed by atoms with van der Waals surface area (Å²) in [6.45, 7) is 0.507. The topological polar surface area (TPSA) is 92.8 Å². The van der Waals surface area contributed by atoms with Crippen molar-refractivity contribution < 1.29 is 22.7 Å². The van der Waals surface area contributed by atoms with Crippen molar-refractivity contribution in [2.24, 2.45) is 0 Å². The molecule has 1 aliphatic heterocycles. The van der Waals surface area contributed by atoms with Crippen LogP contribution >= 0.6 is 11.6 Å². The zero-order valence-electron chi connectivity index (χ0n) is 13.5. The SMILES string of the molecule is O=C(COC(=O)c1cc(S(=O)(=O)N2CCCC2)ccc1Cl)NC1CC1. The summed E-state index contributed by atoms with van der Waals surface area (Å²) in [4.78, 5) is 23.8. The Morgan fingerprint density at radius 2 is 1.92 bits per heavy atom. The van der Waals surface area contributed by atoms with Crippen LogP contribution in [-0.2, 0) is 19.6 Å². The average molecular weight is 387 g/mol. The second-order valence-electron chi connectivity index (χ2n) is 6.17. The van der Waals surface area contributed by atoms with Crippen LogP contribution in [0, 0.1) is 0 Å². The van der Waals surface area contributed by atoms with Crippen molar-refractivity contribution in [1.82, 2.24) is 9.62 Å². The summed E-state index contributed by atoms with van der Waals surface area (Å²) in [5.74, 6) is -1.21. The van der Waals surface area contributed by atoms with Crippen LogP contribution in [0.4, 0.5) is 0 Å². The van der Waals surface area contributed by atoms with E-state index in [0.29, 0.717) is 13.1 Å². The lowest BCUT2D eigenvalue weighted by molar-refractivity contribution is -0.124. The van der Waals surface area contributed by atoms with E-state index >= 15 is 0 Å². The minimum atomic E-state index is -3.66. The van der Waals surface area contributed by atoms with Gasteiger partial charge in [-0.3, -0.25) is 4.79 Å². The van der Waals surface area contributed by atoms with Crippen molar-refractivity contribution in [2.75, 3.05) is 19.7 Å². The van der Waals surface area contributed by atoms with Crippen LogP contribution in [0.2, 0.25) is 5.02 Å². The number of carbonyl (C=O) groups excluding carboxylic acids is 2. The molecule has 1 N–H and O–H groups in total. The normalized spacial score (nSPS) is 18.1. The number of hydrogen-bond donors (Lipinski definition) is 1. The second-order valence-corrected chi connectivity index (χ2v) is 8.52. The van der Waals surface area contributed by atoms with Crippen LogP contribution in [0.15, 0.2) is 23.1 Å². The predicted molar refractivity (Wildman–Crippen MR) is 90.9 cm³/mol. The standard InChI is InChI=1S/C16H19ClN2O5S/c17-14-6-5-12(25(22,23)19-7-1-2-8-19)9-13(14)16(21)24-10-15(20)18-11-3-4-11/h5-6,9,11H,1-4,7-8,10H2,(H,18,20). The molecule has 1 amide bonds. The molecule has 0 aromatic heterocycles. The van der Waals surface area contributed by atoms with Gasteiger partial charge in [0.2, 0.25) is 10.0 Å². The van der Waals surface area contributed by atoms with Gasteiger partial charge in [0.05, 0.1) is 15.5 Å².